The second-order valence-electron chi connectivity index (χ2n) is 9.44. The lowest BCUT2D eigenvalue weighted by Crippen LogP contribution is -2.51. The van der Waals surface area contributed by atoms with Crippen molar-refractivity contribution < 1.29 is 9.90 Å². The Morgan fingerprint density at radius 1 is 1.17 bits per heavy atom. The fraction of sp³-hybridized carbons (Fsp3) is 0.857. The lowest BCUT2D eigenvalue weighted by molar-refractivity contribution is -0.131. The summed E-state index contributed by atoms with van der Waals surface area (Å²) in [6.07, 6.45) is 11.3. The maximum absolute atomic E-state index is 12.4. The molecule has 1 amide bonds. The van der Waals surface area contributed by atoms with Crippen LogP contribution in [0.2, 0.25) is 0 Å². The predicted molar refractivity (Wildman–Crippen MR) is 95.3 cm³/mol. The van der Waals surface area contributed by atoms with Gasteiger partial charge in [-0.2, -0.15) is 0 Å². The number of fused-ring (bicyclic) bond motifs is 5. The minimum Gasteiger partial charge on any atom is -0.393 e. The first-order valence-electron chi connectivity index (χ1n) is 9.99. The molecule has 2 N–H and O–H groups in total. The Bertz CT molecular complexity index is 570. The minimum atomic E-state index is -0.126. The van der Waals surface area contributed by atoms with Gasteiger partial charge in [-0.05, 0) is 80.0 Å². The highest BCUT2D eigenvalue weighted by atomic mass is 16.3. The molecular formula is C21H33NO2. The summed E-state index contributed by atoms with van der Waals surface area (Å²) < 4.78 is 0. The van der Waals surface area contributed by atoms with E-state index in [-0.39, 0.29) is 23.3 Å². The molecule has 7 atom stereocenters. The Hall–Kier alpha value is -0.830. The van der Waals surface area contributed by atoms with Gasteiger partial charge in [0.2, 0.25) is 5.91 Å². The monoisotopic (exact) mass is 331 g/mol. The SMILES string of the molecule is CNC(=O)[C@H]1CCC2C3CC=C4C[C@@H](O)CCC4(C)[C@H]3CCC21C. The Kier molecular flexibility index (Phi) is 3.87. The van der Waals surface area contributed by atoms with Crippen LogP contribution < -0.4 is 5.32 Å². The largest absolute Gasteiger partial charge is 0.393 e. The second kappa shape index (κ2) is 5.59. The van der Waals surface area contributed by atoms with Gasteiger partial charge in [0.1, 0.15) is 0 Å². The highest BCUT2D eigenvalue weighted by molar-refractivity contribution is 5.79. The van der Waals surface area contributed by atoms with Crippen molar-refractivity contribution in [1.29, 1.82) is 0 Å². The second-order valence-corrected chi connectivity index (χ2v) is 9.44. The van der Waals surface area contributed by atoms with Gasteiger partial charge in [-0.25, -0.2) is 0 Å². The molecule has 0 heterocycles. The first-order valence-corrected chi connectivity index (χ1v) is 9.99. The van der Waals surface area contributed by atoms with E-state index in [0.29, 0.717) is 11.3 Å². The van der Waals surface area contributed by atoms with Crippen LogP contribution in [0.5, 0.6) is 0 Å². The molecule has 0 aromatic heterocycles. The number of rotatable bonds is 1. The smallest absolute Gasteiger partial charge is 0.223 e. The van der Waals surface area contributed by atoms with Crippen molar-refractivity contribution in [3.8, 4) is 0 Å². The number of hydrogen-bond acceptors (Lipinski definition) is 2. The Morgan fingerprint density at radius 3 is 2.71 bits per heavy atom. The van der Waals surface area contributed by atoms with Crippen molar-refractivity contribution in [3.63, 3.8) is 0 Å². The lowest BCUT2D eigenvalue weighted by atomic mass is 9.47. The van der Waals surface area contributed by atoms with Gasteiger partial charge in [-0.3, -0.25) is 4.79 Å². The van der Waals surface area contributed by atoms with Gasteiger partial charge in [0.25, 0.3) is 0 Å². The summed E-state index contributed by atoms with van der Waals surface area (Å²) in [6, 6.07) is 0. The molecule has 4 rings (SSSR count). The Balaban J connectivity index is 1.64. The summed E-state index contributed by atoms with van der Waals surface area (Å²) in [6.45, 7) is 4.86. The van der Waals surface area contributed by atoms with Gasteiger partial charge in [0.05, 0.1) is 6.10 Å². The van der Waals surface area contributed by atoms with E-state index in [9.17, 15) is 9.90 Å². The summed E-state index contributed by atoms with van der Waals surface area (Å²) in [4.78, 5) is 12.4. The molecule has 4 unspecified atom stereocenters. The first-order chi connectivity index (χ1) is 11.4. The molecule has 0 spiro atoms. The molecule has 0 aliphatic heterocycles. The third-order valence-electron chi connectivity index (χ3n) is 8.64. The van der Waals surface area contributed by atoms with Crippen molar-refractivity contribution in [2.24, 2.45) is 34.5 Å². The minimum absolute atomic E-state index is 0.126. The topological polar surface area (TPSA) is 49.3 Å². The van der Waals surface area contributed by atoms with Crippen molar-refractivity contribution in [3.05, 3.63) is 11.6 Å². The van der Waals surface area contributed by atoms with E-state index in [4.69, 9.17) is 0 Å². The van der Waals surface area contributed by atoms with Gasteiger partial charge < -0.3 is 10.4 Å². The number of carbonyl (C=O) groups is 1. The number of aliphatic hydroxyl groups excluding tert-OH is 1. The van der Waals surface area contributed by atoms with Crippen molar-refractivity contribution in [1.82, 2.24) is 5.32 Å². The molecule has 24 heavy (non-hydrogen) atoms. The molecule has 4 aliphatic carbocycles. The van der Waals surface area contributed by atoms with Crippen molar-refractivity contribution in [2.45, 2.75) is 71.3 Å². The first kappa shape index (κ1) is 16.6. The van der Waals surface area contributed by atoms with E-state index >= 15 is 0 Å². The average Bonchev–Trinajstić information content (AvgIpc) is 2.92. The van der Waals surface area contributed by atoms with Gasteiger partial charge in [-0.15, -0.1) is 0 Å². The van der Waals surface area contributed by atoms with Crippen molar-refractivity contribution >= 4 is 5.91 Å². The van der Waals surface area contributed by atoms with Crippen LogP contribution in [0.1, 0.15) is 65.2 Å². The van der Waals surface area contributed by atoms with Crippen LogP contribution in [-0.2, 0) is 4.79 Å². The summed E-state index contributed by atoms with van der Waals surface area (Å²) >= 11 is 0. The van der Waals surface area contributed by atoms with E-state index in [1.807, 2.05) is 0 Å². The number of aliphatic hydroxyl groups is 1. The maximum atomic E-state index is 12.4. The molecule has 3 nitrogen and oxygen atoms in total. The van der Waals surface area contributed by atoms with E-state index in [2.05, 4.69) is 25.2 Å². The summed E-state index contributed by atoms with van der Waals surface area (Å²) in [5, 5.41) is 13.0. The Labute approximate surface area is 146 Å². The van der Waals surface area contributed by atoms with Gasteiger partial charge in [0.15, 0.2) is 0 Å². The quantitative estimate of drug-likeness (QED) is 0.720. The molecule has 4 aliphatic rings. The zero-order chi connectivity index (χ0) is 17.1. The molecule has 3 fully saturated rings. The molecule has 0 radical (unpaired) electrons. The number of carbonyl (C=O) groups excluding carboxylic acids is 1. The average molecular weight is 332 g/mol. The summed E-state index contributed by atoms with van der Waals surface area (Å²) in [5.74, 6) is 2.66. The molecule has 3 saturated carbocycles. The zero-order valence-corrected chi connectivity index (χ0v) is 15.5. The number of nitrogens with one attached hydrogen (secondary N) is 1. The lowest BCUT2D eigenvalue weighted by Gasteiger charge is -2.57. The van der Waals surface area contributed by atoms with Gasteiger partial charge in [-0.1, -0.05) is 25.5 Å². The summed E-state index contributed by atoms with van der Waals surface area (Å²) in [5.41, 5.74) is 2.03. The van der Waals surface area contributed by atoms with Crippen LogP contribution in [0.3, 0.4) is 0 Å². The van der Waals surface area contributed by atoms with Crippen LogP contribution in [0.4, 0.5) is 0 Å². The predicted octanol–water partition coefficient (Wildman–Crippen LogP) is 3.67. The number of allylic oxidation sites excluding steroid dienone is 1. The third-order valence-corrected chi connectivity index (χ3v) is 8.64. The molecular weight excluding hydrogens is 298 g/mol. The molecule has 0 saturated heterocycles. The highest BCUT2D eigenvalue weighted by Crippen LogP contribution is 2.66. The van der Waals surface area contributed by atoms with Crippen molar-refractivity contribution in [2.75, 3.05) is 7.05 Å². The van der Waals surface area contributed by atoms with E-state index in [0.717, 1.165) is 37.5 Å². The van der Waals surface area contributed by atoms with Crippen LogP contribution in [-0.4, -0.2) is 24.2 Å². The summed E-state index contributed by atoms with van der Waals surface area (Å²) in [7, 11) is 1.79. The van der Waals surface area contributed by atoms with E-state index < -0.39 is 0 Å². The standard InChI is InChI=1S/C21H33NO2/c1-20-10-8-14(23)12-13(20)4-5-15-16-6-7-18(19(24)22-3)21(16,2)11-9-17(15)20/h4,14-18,23H,5-12H2,1-3H3,(H,22,24)/t14-,15?,16?,17-,18+,20?,21?/m0/s1. The normalized spacial score (nSPS) is 50.3. The fourth-order valence-corrected chi connectivity index (χ4v) is 7.25. The van der Waals surface area contributed by atoms with Crippen LogP contribution >= 0.6 is 0 Å². The number of hydrogen-bond donors (Lipinski definition) is 2. The van der Waals surface area contributed by atoms with Gasteiger partial charge in [0, 0.05) is 13.0 Å². The Morgan fingerprint density at radius 2 is 1.96 bits per heavy atom. The maximum Gasteiger partial charge on any atom is 0.223 e. The molecule has 0 bridgehead atoms. The molecule has 0 aromatic carbocycles. The molecule has 3 heteroatoms. The van der Waals surface area contributed by atoms with E-state index in [1.165, 1.54) is 31.3 Å². The van der Waals surface area contributed by atoms with Crippen LogP contribution in [0, 0.1) is 34.5 Å². The number of amides is 1. The van der Waals surface area contributed by atoms with Crippen LogP contribution in [0.15, 0.2) is 11.6 Å². The molecule has 0 aromatic rings. The fourth-order valence-electron chi connectivity index (χ4n) is 7.25. The highest BCUT2D eigenvalue weighted by Gasteiger charge is 2.59. The third kappa shape index (κ3) is 2.16. The van der Waals surface area contributed by atoms with Crippen LogP contribution in [0.25, 0.3) is 0 Å². The van der Waals surface area contributed by atoms with Gasteiger partial charge >= 0.3 is 0 Å². The zero-order valence-electron chi connectivity index (χ0n) is 15.5. The molecule has 134 valence electrons. The van der Waals surface area contributed by atoms with E-state index in [1.54, 1.807) is 7.05 Å².